The lowest BCUT2D eigenvalue weighted by molar-refractivity contribution is -0.129. The first-order valence-corrected chi connectivity index (χ1v) is 6.81. The predicted octanol–water partition coefficient (Wildman–Crippen LogP) is 1.61. The third kappa shape index (κ3) is 2.76. The molecule has 1 aliphatic carbocycles. The molecule has 2 rings (SSSR count). The molecule has 0 aromatic rings. The highest BCUT2D eigenvalue weighted by Crippen LogP contribution is 2.28. The molecule has 0 aromatic heterocycles. The zero-order chi connectivity index (χ0) is 14.0. The van der Waals surface area contributed by atoms with E-state index in [1.807, 2.05) is 4.90 Å². The zero-order valence-electron chi connectivity index (χ0n) is 11.1. The van der Waals surface area contributed by atoms with Gasteiger partial charge in [-0.25, -0.2) is 4.99 Å². The van der Waals surface area contributed by atoms with Crippen LogP contribution in [0.2, 0.25) is 0 Å². The van der Waals surface area contributed by atoms with Crippen molar-refractivity contribution < 1.29 is 4.79 Å². The molecule has 0 unspecified atom stereocenters. The number of hydrogen-bond acceptors (Lipinski definition) is 3. The van der Waals surface area contributed by atoms with Crippen LogP contribution in [0.3, 0.4) is 0 Å². The van der Waals surface area contributed by atoms with Crippen molar-refractivity contribution in [1.82, 2.24) is 9.80 Å². The number of amides is 1. The number of aliphatic imine (C=N–C) groups is 1. The molecule has 1 aliphatic heterocycles. The van der Waals surface area contributed by atoms with Gasteiger partial charge in [0.15, 0.2) is 5.84 Å². The van der Waals surface area contributed by atoms with Gasteiger partial charge in [0, 0.05) is 19.3 Å². The number of carbonyl (C=O) groups is 1. The fraction of sp³-hybridized carbons (Fsp3) is 0.538. The van der Waals surface area contributed by atoms with Gasteiger partial charge < -0.3 is 15.5 Å². The lowest BCUT2D eigenvalue weighted by atomic mass is 10.1. The van der Waals surface area contributed by atoms with Gasteiger partial charge in [-0.1, -0.05) is 31.0 Å². The van der Waals surface area contributed by atoms with Crippen molar-refractivity contribution in [3.63, 3.8) is 0 Å². The van der Waals surface area contributed by atoms with Gasteiger partial charge in [0.1, 0.15) is 10.9 Å². The van der Waals surface area contributed by atoms with Gasteiger partial charge in [-0.3, -0.25) is 4.79 Å². The molecular weight excluding hydrogens is 264 g/mol. The summed E-state index contributed by atoms with van der Waals surface area (Å²) in [6.07, 6.45) is 5.91. The van der Waals surface area contributed by atoms with Gasteiger partial charge in [0.25, 0.3) is 0 Å². The third-order valence-corrected chi connectivity index (χ3v) is 3.78. The van der Waals surface area contributed by atoms with Crippen LogP contribution < -0.4 is 5.73 Å². The van der Waals surface area contributed by atoms with Crippen molar-refractivity contribution >= 4 is 23.3 Å². The highest BCUT2D eigenvalue weighted by molar-refractivity contribution is 6.30. The van der Waals surface area contributed by atoms with Crippen LogP contribution in [0.1, 0.15) is 25.7 Å². The van der Waals surface area contributed by atoms with Gasteiger partial charge in [-0.2, -0.15) is 0 Å². The van der Waals surface area contributed by atoms with Gasteiger partial charge in [0.2, 0.25) is 5.91 Å². The van der Waals surface area contributed by atoms with E-state index in [9.17, 15) is 4.79 Å². The molecule has 104 valence electrons. The van der Waals surface area contributed by atoms with E-state index < -0.39 is 0 Å². The summed E-state index contributed by atoms with van der Waals surface area (Å²) in [6.45, 7) is 3.92. The molecule has 2 aliphatic rings. The van der Waals surface area contributed by atoms with Crippen molar-refractivity contribution in [1.29, 1.82) is 0 Å². The van der Waals surface area contributed by atoms with Gasteiger partial charge in [-0.05, 0) is 12.8 Å². The van der Waals surface area contributed by atoms with Crippen LogP contribution in [-0.2, 0) is 4.79 Å². The SMILES string of the molecule is C=C(Cl)/N=C1\C(=C/N)N(C)C(=O)CN1C1CCCC1. The standard InChI is InChI=1S/C13H19ClN4O/c1-9(14)16-13-11(7-15)17(2)12(19)8-18(13)10-5-3-4-6-10/h7,10H,1,3-6,8,15H2,2H3/b11-7+,16-13+. The van der Waals surface area contributed by atoms with Crippen LogP contribution >= 0.6 is 11.6 Å². The number of amidine groups is 1. The van der Waals surface area contributed by atoms with Gasteiger partial charge in [0.05, 0.1) is 6.54 Å². The Kier molecular flexibility index (Phi) is 4.14. The number of carbonyl (C=O) groups excluding carboxylic acids is 1. The summed E-state index contributed by atoms with van der Waals surface area (Å²) in [4.78, 5) is 19.8. The first kappa shape index (κ1) is 13.9. The van der Waals surface area contributed by atoms with Crippen LogP contribution in [0.15, 0.2) is 28.6 Å². The van der Waals surface area contributed by atoms with Crippen molar-refractivity contribution in [3.8, 4) is 0 Å². The quantitative estimate of drug-likeness (QED) is 0.783. The Balaban J connectivity index is 2.38. The average molecular weight is 283 g/mol. The Labute approximate surface area is 118 Å². The molecule has 0 spiro atoms. The van der Waals surface area contributed by atoms with Crippen molar-refractivity contribution in [2.75, 3.05) is 13.6 Å². The predicted molar refractivity (Wildman–Crippen MR) is 76.4 cm³/mol. The normalized spacial score (nSPS) is 25.7. The molecule has 1 heterocycles. The maximum absolute atomic E-state index is 12.0. The number of likely N-dealkylation sites (N-methyl/N-ethyl adjacent to an activating group) is 1. The van der Waals surface area contributed by atoms with E-state index in [0.717, 1.165) is 12.8 Å². The summed E-state index contributed by atoms with van der Waals surface area (Å²) in [6, 6.07) is 0.336. The van der Waals surface area contributed by atoms with E-state index in [0.29, 0.717) is 24.1 Å². The molecule has 19 heavy (non-hydrogen) atoms. The second-order valence-corrected chi connectivity index (χ2v) is 5.32. The Bertz CT molecular complexity index is 452. The van der Waals surface area contributed by atoms with Gasteiger partial charge >= 0.3 is 0 Å². The highest BCUT2D eigenvalue weighted by atomic mass is 35.5. The maximum atomic E-state index is 12.0. The first-order chi connectivity index (χ1) is 9.04. The van der Waals surface area contributed by atoms with Crippen molar-refractivity contribution in [2.24, 2.45) is 10.7 Å². The molecule has 1 amide bonds. The smallest absolute Gasteiger partial charge is 0.246 e. The third-order valence-electron chi connectivity index (χ3n) is 3.69. The maximum Gasteiger partial charge on any atom is 0.246 e. The largest absolute Gasteiger partial charge is 0.403 e. The number of hydrogen-bond donors (Lipinski definition) is 1. The fourth-order valence-electron chi connectivity index (χ4n) is 2.70. The lowest BCUT2D eigenvalue weighted by Gasteiger charge is -2.39. The Morgan fingerprint density at radius 2 is 2.16 bits per heavy atom. The van der Waals surface area contributed by atoms with Crippen LogP contribution in [0.25, 0.3) is 0 Å². The minimum absolute atomic E-state index is 0.0164. The van der Waals surface area contributed by atoms with E-state index in [-0.39, 0.29) is 11.1 Å². The molecule has 2 fully saturated rings. The number of piperazine rings is 1. The minimum atomic E-state index is 0.0164. The summed E-state index contributed by atoms with van der Waals surface area (Å²) in [5, 5.41) is 0.195. The molecular formula is C13H19ClN4O. The van der Waals surface area contributed by atoms with E-state index in [2.05, 4.69) is 11.6 Å². The Morgan fingerprint density at radius 1 is 1.53 bits per heavy atom. The van der Waals surface area contributed by atoms with E-state index >= 15 is 0 Å². The van der Waals surface area contributed by atoms with Crippen molar-refractivity contribution in [3.05, 3.63) is 23.6 Å². The molecule has 1 saturated carbocycles. The van der Waals surface area contributed by atoms with Crippen LogP contribution in [0.4, 0.5) is 0 Å². The lowest BCUT2D eigenvalue weighted by Crippen LogP contribution is -2.54. The summed E-state index contributed by atoms with van der Waals surface area (Å²) in [7, 11) is 1.69. The van der Waals surface area contributed by atoms with Crippen molar-refractivity contribution in [2.45, 2.75) is 31.7 Å². The molecule has 5 nitrogen and oxygen atoms in total. The number of nitrogens with zero attached hydrogens (tertiary/aromatic N) is 3. The molecule has 6 heteroatoms. The number of nitrogens with two attached hydrogens (primary N) is 1. The fourth-order valence-corrected chi connectivity index (χ4v) is 2.78. The van der Waals surface area contributed by atoms with E-state index in [1.54, 1.807) is 7.05 Å². The van der Waals surface area contributed by atoms with Crippen LogP contribution in [-0.4, -0.2) is 41.2 Å². The molecule has 0 atom stereocenters. The number of halogens is 1. The topological polar surface area (TPSA) is 61.9 Å². The Hall–Kier alpha value is -1.49. The van der Waals surface area contributed by atoms with E-state index in [1.165, 1.54) is 23.9 Å². The molecule has 0 aromatic carbocycles. The summed E-state index contributed by atoms with van der Waals surface area (Å²) in [5.41, 5.74) is 6.23. The van der Waals surface area contributed by atoms with Crippen LogP contribution in [0.5, 0.6) is 0 Å². The summed E-state index contributed by atoms with van der Waals surface area (Å²) >= 11 is 5.81. The second kappa shape index (κ2) is 5.65. The zero-order valence-corrected chi connectivity index (χ0v) is 11.9. The van der Waals surface area contributed by atoms with Gasteiger partial charge in [-0.15, -0.1) is 0 Å². The monoisotopic (exact) mass is 282 g/mol. The molecule has 0 bridgehead atoms. The highest BCUT2D eigenvalue weighted by Gasteiger charge is 2.35. The van der Waals surface area contributed by atoms with E-state index in [4.69, 9.17) is 17.3 Å². The summed E-state index contributed by atoms with van der Waals surface area (Å²) < 4.78 is 0. The first-order valence-electron chi connectivity index (χ1n) is 6.43. The molecule has 2 N–H and O–H groups in total. The summed E-state index contributed by atoms with van der Waals surface area (Å²) in [5.74, 6) is 0.666. The minimum Gasteiger partial charge on any atom is -0.403 e. The second-order valence-electron chi connectivity index (χ2n) is 4.88. The molecule has 0 radical (unpaired) electrons. The number of rotatable bonds is 2. The Morgan fingerprint density at radius 3 is 2.68 bits per heavy atom. The van der Waals surface area contributed by atoms with Crippen LogP contribution in [0, 0.1) is 0 Å². The average Bonchev–Trinajstić information content (AvgIpc) is 2.87. The molecule has 1 saturated heterocycles.